The van der Waals surface area contributed by atoms with Gasteiger partial charge in [0.2, 0.25) is 0 Å². The zero-order chi connectivity index (χ0) is 8.23. The van der Waals surface area contributed by atoms with E-state index in [9.17, 15) is 0 Å². The van der Waals surface area contributed by atoms with E-state index in [0.29, 0.717) is 0 Å². The van der Waals surface area contributed by atoms with Crippen LogP contribution in [-0.2, 0) is 0 Å². The molecule has 0 spiro atoms. The molecule has 2 heterocycles. The zero-order valence-corrected chi connectivity index (χ0v) is 7.29. The first-order chi connectivity index (χ1) is 5.95. The highest BCUT2D eigenvalue weighted by molar-refractivity contribution is 5.27. The second kappa shape index (κ2) is 3.76. The lowest BCUT2D eigenvalue weighted by molar-refractivity contribution is 0.360. The highest BCUT2D eigenvalue weighted by Crippen LogP contribution is 2.14. The van der Waals surface area contributed by atoms with Crippen molar-refractivity contribution in [3.8, 4) is 0 Å². The summed E-state index contributed by atoms with van der Waals surface area (Å²) in [6, 6.07) is 0. The monoisotopic (exact) mass is 163 g/mol. The number of nitrogens with one attached hydrogen (secondary N) is 1. The number of hydrogen-bond donors (Lipinski definition) is 1. The molecule has 0 amide bonds. The molecule has 0 unspecified atom stereocenters. The van der Waals surface area contributed by atoms with Crippen LogP contribution in [0.15, 0.2) is 24.6 Å². The van der Waals surface area contributed by atoms with Gasteiger partial charge in [-0.15, -0.1) is 0 Å². The Kier molecular flexibility index (Phi) is 2.47. The Morgan fingerprint density at radius 1 is 1.17 bits per heavy atom. The van der Waals surface area contributed by atoms with E-state index in [2.05, 4.69) is 22.4 Å². The van der Waals surface area contributed by atoms with Crippen molar-refractivity contribution in [3.63, 3.8) is 0 Å². The van der Waals surface area contributed by atoms with Crippen LogP contribution in [0.5, 0.6) is 0 Å². The third kappa shape index (κ3) is 1.89. The van der Waals surface area contributed by atoms with Crippen LogP contribution in [-0.4, -0.2) is 24.5 Å². The quantitative estimate of drug-likeness (QED) is 0.660. The fraction of sp³-hybridized carbons (Fsp3) is 0.500. The van der Waals surface area contributed by atoms with E-state index >= 15 is 0 Å². The van der Waals surface area contributed by atoms with Crippen LogP contribution in [0, 0.1) is 5.92 Å². The van der Waals surface area contributed by atoms with Gasteiger partial charge in [0, 0.05) is 12.5 Å². The maximum Gasteiger partial charge on any atom is 0.0362 e. The van der Waals surface area contributed by atoms with E-state index in [4.69, 9.17) is 0 Å². The van der Waals surface area contributed by atoms with Crippen molar-refractivity contribution in [1.29, 1.82) is 0 Å². The molecule has 2 nitrogen and oxygen atoms in total. The van der Waals surface area contributed by atoms with Crippen molar-refractivity contribution in [2.75, 3.05) is 19.6 Å². The summed E-state index contributed by atoms with van der Waals surface area (Å²) in [7, 11) is 0. The van der Waals surface area contributed by atoms with E-state index in [0.717, 1.165) is 6.54 Å². The summed E-state index contributed by atoms with van der Waals surface area (Å²) in [5.74, 6) is 1.41. The van der Waals surface area contributed by atoms with Gasteiger partial charge in [0.1, 0.15) is 0 Å². The largest absolute Gasteiger partial charge is 0.368 e. The third-order valence-electron chi connectivity index (χ3n) is 2.39. The van der Waals surface area contributed by atoms with Crippen molar-refractivity contribution in [3.05, 3.63) is 30.5 Å². The van der Waals surface area contributed by atoms with Crippen LogP contribution in [0.3, 0.4) is 0 Å². The molecule has 1 radical (unpaired) electrons. The SMILES string of the molecule is C1=C[C](CN2CCCC2)C=CN1. The first-order valence-electron chi connectivity index (χ1n) is 4.62. The van der Waals surface area contributed by atoms with E-state index in [-0.39, 0.29) is 0 Å². The average Bonchev–Trinajstić information content (AvgIpc) is 2.59. The summed E-state index contributed by atoms with van der Waals surface area (Å²) in [5, 5.41) is 3.04. The minimum atomic E-state index is 1.12. The van der Waals surface area contributed by atoms with Gasteiger partial charge in [0.15, 0.2) is 0 Å². The van der Waals surface area contributed by atoms with Gasteiger partial charge in [0.05, 0.1) is 0 Å². The van der Waals surface area contributed by atoms with E-state index in [1.165, 1.54) is 31.8 Å². The first kappa shape index (κ1) is 7.87. The molecule has 0 atom stereocenters. The molecular formula is C10H15N2. The Balaban J connectivity index is 1.81. The van der Waals surface area contributed by atoms with Gasteiger partial charge in [0.25, 0.3) is 0 Å². The Morgan fingerprint density at radius 2 is 1.83 bits per heavy atom. The maximum atomic E-state index is 3.04. The molecule has 2 rings (SSSR count). The Hall–Kier alpha value is -0.760. The number of rotatable bonds is 2. The normalized spacial score (nSPS) is 24.7. The minimum Gasteiger partial charge on any atom is -0.368 e. The van der Waals surface area contributed by atoms with Crippen molar-refractivity contribution >= 4 is 0 Å². The summed E-state index contributed by atoms with van der Waals surface area (Å²) >= 11 is 0. The molecule has 1 N–H and O–H groups in total. The lowest BCUT2D eigenvalue weighted by Crippen LogP contribution is -2.25. The van der Waals surface area contributed by atoms with Crippen molar-refractivity contribution in [2.24, 2.45) is 0 Å². The second-order valence-electron chi connectivity index (χ2n) is 3.39. The van der Waals surface area contributed by atoms with Crippen molar-refractivity contribution in [1.82, 2.24) is 10.2 Å². The molecule has 2 aliphatic heterocycles. The molecule has 2 aliphatic rings. The maximum absolute atomic E-state index is 3.04. The van der Waals surface area contributed by atoms with Gasteiger partial charge in [-0.25, -0.2) is 0 Å². The van der Waals surface area contributed by atoms with Crippen LogP contribution >= 0.6 is 0 Å². The van der Waals surface area contributed by atoms with Gasteiger partial charge < -0.3 is 10.2 Å². The van der Waals surface area contributed by atoms with Crippen LogP contribution in [0.1, 0.15) is 12.8 Å². The van der Waals surface area contributed by atoms with Gasteiger partial charge in [-0.1, -0.05) is 12.2 Å². The molecule has 2 heteroatoms. The standard InChI is InChI=1S/C10H15N2/c1-2-8-12(7-1)9-10-3-5-11-6-4-10/h3-6,11H,1-2,7-9H2. The molecule has 12 heavy (non-hydrogen) atoms. The Morgan fingerprint density at radius 3 is 2.50 bits per heavy atom. The average molecular weight is 163 g/mol. The molecule has 0 aromatic heterocycles. The molecule has 65 valence electrons. The predicted molar refractivity (Wildman–Crippen MR) is 50.3 cm³/mol. The minimum absolute atomic E-state index is 1.12. The van der Waals surface area contributed by atoms with Gasteiger partial charge in [-0.3, -0.25) is 0 Å². The number of dihydropyridines is 1. The number of hydrogen-bond acceptors (Lipinski definition) is 2. The zero-order valence-electron chi connectivity index (χ0n) is 7.29. The topological polar surface area (TPSA) is 15.3 Å². The summed E-state index contributed by atoms with van der Waals surface area (Å²) in [5.41, 5.74) is 0. The van der Waals surface area contributed by atoms with Gasteiger partial charge in [-0.2, -0.15) is 0 Å². The van der Waals surface area contributed by atoms with Crippen LogP contribution in [0.25, 0.3) is 0 Å². The molecular weight excluding hydrogens is 148 g/mol. The molecule has 0 saturated carbocycles. The predicted octanol–water partition coefficient (Wildman–Crippen LogP) is 1.29. The van der Waals surface area contributed by atoms with Gasteiger partial charge >= 0.3 is 0 Å². The second-order valence-corrected chi connectivity index (χ2v) is 3.39. The summed E-state index contributed by atoms with van der Waals surface area (Å²) < 4.78 is 0. The van der Waals surface area contributed by atoms with Crippen LogP contribution < -0.4 is 5.32 Å². The molecule has 0 aliphatic carbocycles. The molecule has 1 fully saturated rings. The lowest BCUT2D eigenvalue weighted by Gasteiger charge is -2.19. The number of nitrogens with zero attached hydrogens (tertiary/aromatic N) is 1. The molecule has 0 bridgehead atoms. The Bertz CT molecular complexity index is 178. The summed E-state index contributed by atoms with van der Waals surface area (Å²) in [4.78, 5) is 2.51. The third-order valence-corrected chi connectivity index (χ3v) is 2.39. The van der Waals surface area contributed by atoms with Gasteiger partial charge in [-0.05, 0) is 38.3 Å². The van der Waals surface area contributed by atoms with E-state index in [1.54, 1.807) is 0 Å². The molecule has 1 saturated heterocycles. The summed E-state index contributed by atoms with van der Waals surface area (Å²) in [6.07, 6.45) is 11.0. The fourth-order valence-corrected chi connectivity index (χ4v) is 1.73. The highest BCUT2D eigenvalue weighted by atomic mass is 15.1. The van der Waals surface area contributed by atoms with Crippen molar-refractivity contribution in [2.45, 2.75) is 12.8 Å². The molecule has 0 aromatic carbocycles. The van der Waals surface area contributed by atoms with E-state index < -0.39 is 0 Å². The number of likely N-dealkylation sites (tertiary alicyclic amines) is 1. The Labute approximate surface area is 73.9 Å². The highest BCUT2D eigenvalue weighted by Gasteiger charge is 2.14. The van der Waals surface area contributed by atoms with Crippen LogP contribution in [0.4, 0.5) is 0 Å². The van der Waals surface area contributed by atoms with E-state index in [1.807, 2.05) is 12.4 Å². The smallest absolute Gasteiger partial charge is 0.0362 e. The first-order valence-corrected chi connectivity index (χ1v) is 4.62. The lowest BCUT2D eigenvalue weighted by atomic mass is 10.1. The van der Waals surface area contributed by atoms with Crippen molar-refractivity contribution < 1.29 is 0 Å². The summed E-state index contributed by atoms with van der Waals surface area (Å²) in [6.45, 7) is 3.67. The fourth-order valence-electron chi connectivity index (χ4n) is 1.73. The molecule has 0 aromatic rings. The van der Waals surface area contributed by atoms with Crippen LogP contribution in [0.2, 0.25) is 0 Å².